The van der Waals surface area contributed by atoms with Gasteiger partial charge in [0, 0.05) is 25.5 Å². The molecule has 2 rings (SSSR count). The largest absolute Gasteiger partial charge is 0.311 e. The van der Waals surface area contributed by atoms with Crippen molar-refractivity contribution >= 4 is 0 Å². The summed E-state index contributed by atoms with van der Waals surface area (Å²) in [6.45, 7) is 3.99. The molecule has 1 unspecified atom stereocenters. The maximum atomic E-state index is 4.22. The highest BCUT2D eigenvalue weighted by molar-refractivity contribution is 5.14. The highest BCUT2D eigenvalue weighted by Crippen LogP contribution is 2.02. The number of nitrogens with one attached hydrogen (secondary N) is 1. The average Bonchev–Trinajstić information content (AvgIpc) is 2.84. The zero-order valence-electron chi connectivity index (χ0n) is 9.50. The molecule has 0 aliphatic carbocycles. The Morgan fingerprint density at radius 3 is 2.75 bits per heavy atom. The van der Waals surface area contributed by atoms with E-state index in [1.165, 1.54) is 5.56 Å². The standard InChI is InChI=1S/C13H17N3/c1-12(16-9-5-8-15-16)10-14-11-13-6-3-2-4-7-13/h2-9,12,14H,10-11H2,1H3. The van der Waals surface area contributed by atoms with Gasteiger partial charge in [-0.25, -0.2) is 0 Å². The summed E-state index contributed by atoms with van der Waals surface area (Å²) in [6, 6.07) is 12.8. The fourth-order valence-corrected chi connectivity index (χ4v) is 1.66. The Labute approximate surface area is 96.1 Å². The van der Waals surface area contributed by atoms with Gasteiger partial charge in [-0.05, 0) is 18.6 Å². The van der Waals surface area contributed by atoms with Gasteiger partial charge in [-0.2, -0.15) is 5.10 Å². The molecule has 0 fully saturated rings. The van der Waals surface area contributed by atoms with E-state index in [0.717, 1.165) is 13.1 Å². The van der Waals surface area contributed by atoms with Crippen LogP contribution >= 0.6 is 0 Å². The Hall–Kier alpha value is -1.61. The van der Waals surface area contributed by atoms with Crippen molar-refractivity contribution in [3.63, 3.8) is 0 Å². The van der Waals surface area contributed by atoms with E-state index in [1.54, 1.807) is 0 Å². The van der Waals surface area contributed by atoms with Gasteiger partial charge in [-0.15, -0.1) is 0 Å². The smallest absolute Gasteiger partial charge is 0.0615 e. The average molecular weight is 215 g/mol. The second-order valence-electron chi connectivity index (χ2n) is 3.95. The van der Waals surface area contributed by atoms with Crippen molar-refractivity contribution in [3.8, 4) is 0 Å². The molecule has 2 aromatic rings. The molecule has 1 N–H and O–H groups in total. The first-order valence-corrected chi connectivity index (χ1v) is 5.60. The minimum Gasteiger partial charge on any atom is -0.311 e. The lowest BCUT2D eigenvalue weighted by molar-refractivity contribution is 0.453. The summed E-state index contributed by atoms with van der Waals surface area (Å²) in [5, 5.41) is 7.65. The third-order valence-electron chi connectivity index (χ3n) is 2.59. The molecule has 0 spiro atoms. The summed E-state index contributed by atoms with van der Waals surface area (Å²) < 4.78 is 1.97. The second kappa shape index (κ2) is 5.47. The van der Waals surface area contributed by atoms with Crippen LogP contribution in [0.4, 0.5) is 0 Å². The number of nitrogens with zero attached hydrogens (tertiary/aromatic N) is 2. The molecule has 0 saturated carbocycles. The summed E-state index contributed by atoms with van der Waals surface area (Å²) >= 11 is 0. The number of hydrogen-bond donors (Lipinski definition) is 1. The molecule has 84 valence electrons. The van der Waals surface area contributed by atoms with Gasteiger partial charge < -0.3 is 5.32 Å². The Bertz CT molecular complexity index is 394. The fourth-order valence-electron chi connectivity index (χ4n) is 1.66. The number of benzene rings is 1. The topological polar surface area (TPSA) is 29.9 Å². The Morgan fingerprint density at radius 2 is 2.06 bits per heavy atom. The van der Waals surface area contributed by atoms with E-state index >= 15 is 0 Å². The van der Waals surface area contributed by atoms with Crippen LogP contribution in [0.2, 0.25) is 0 Å². The van der Waals surface area contributed by atoms with E-state index in [0.29, 0.717) is 6.04 Å². The molecule has 0 aliphatic rings. The van der Waals surface area contributed by atoms with Crippen LogP contribution in [-0.2, 0) is 6.54 Å². The maximum Gasteiger partial charge on any atom is 0.0615 e. The molecule has 1 atom stereocenters. The quantitative estimate of drug-likeness (QED) is 0.829. The molecule has 0 amide bonds. The first-order valence-electron chi connectivity index (χ1n) is 5.60. The van der Waals surface area contributed by atoms with Gasteiger partial charge in [-0.3, -0.25) is 4.68 Å². The van der Waals surface area contributed by atoms with E-state index in [2.05, 4.69) is 41.6 Å². The van der Waals surface area contributed by atoms with Crippen molar-refractivity contribution in [2.45, 2.75) is 19.5 Å². The van der Waals surface area contributed by atoms with Crippen molar-refractivity contribution in [1.29, 1.82) is 0 Å². The molecule has 0 radical (unpaired) electrons. The fraction of sp³-hybridized carbons (Fsp3) is 0.308. The van der Waals surface area contributed by atoms with Crippen molar-refractivity contribution in [2.24, 2.45) is 0 Å². The molecule has 1 aromatic carbocycles. The van der Waals surface area contributed by atoms with Crippen LogP contribution < -0.4 is 5.32 Å². The number of rotatable bonds is 5. The Balaban J connectivity index is 1.76. The van der Waals surface area contributed by atoms with E-state index < -0.39 is 0 Å². The van der Waals surface area contributed by atoms with Crippen molar-refractivity contribution in [2.75, 3.05) is 6.54 Å². The van der Waals surface area contributed by atoms with Gasteiger partial charge in [0.25, 0.3) is 0 Å². The first-order chi connectivity index (χ1) is 7.86. The molecule has 1 heterocycles. The lowest BCUT2D eigenvalue weighted by atomic mass is 10.2. The van der Waals surface area contributed by atoms with Crippen LogP contribution in [0.15, 0.2) is 48.8 Å². The molecule has 0 saturated heterocycles. The van der Waals surface area contributed by atoms with Crippen molar-refractivity contribution in [1.82, 2.24) is 15.1 Å². The summed E-state index contributed by atoms with van der Waals surface area (Å²) in [4.78, 5) is 0. The summed E-state index contributed by atoms with van der Waals surface area (Å²) in [5.74, 6) is 0. The van der Waals surface area contributed by atoms with E-state index in [1.807, 2.05) is 29.2 Å². The van der Waals surface area contributed by atoms with Crippen LogP contribution in [0.5, 0.6) is 0 Å². The molecule has 0 bridgehead atoms. The number of hydrogen-bond acceptors (Lipinski definition) is 2. The summed E-state index contributed by atoms with van der Waals surface area (Å²) in [7, 11) is 0. The van der Waals surface area contributed by atoms with Gasteiger partial charge >= 0.3 is 0 Å². The predicted octanol–water partition coefficient (Wildman–Crippen LogP) is 2.23. The third kappa shape index (κ3) is 2.94. The molecule has 16 heavy (non-hydrogen) atoms. The summed E-state index contributed by atoms with van der Waals surface area (Å²) in [6.07, 6.45) is 3.81. The minimum atomic E-state index is 0.388. The van der Waals surface area contributed by atoms with Gasteiger partial charge in [-0.1, -0.05) is 30.3 Å². The zero-order chi connectivity index (χ0) is 11.2. The molecular weight excluding hydrogens is 198 g/mol. The van der Waals surface area contributed by atoms with Gasteiger partial charge in [0.05, 0.1) is 6.04 Å². The third-order valence-corrected chi connectivity index (χ3v) is 2.59. The van der Waals surface area contributed by atoms with Crippen LogP contribution in [-0.4, -0.2) is 16.3 Å². The van der Waals surface area contributed by atoms with E-state index in [4.69, 9.17) is 0 Å². The Morgan fingerprint density at radius 1 is 1.25 bits per heavy atom. The monoisotopic (exact) mass is 215 g/mol. The Kier molecular flexibility index (Phi) is 3.72. The van der Waals surface area contributed by atoms with Crippen LogP contribution in [0.25, 0.3) is 0 Å². The van der Waals surface area contributed by atoms with E-state index in [-0.39, 0.29) is 0 Å². The van der Waals surface area contributed by atoms with Gasteiger partial charge in [0.1, 0.15) is 0 Å². The number of aromatic nitrogens is 2. The van der Waals surface area contributed by atoms with Crippen molar-refractivity contribution < 1.29 is 0 Å². The molecule has 3 nitrogen and oxygen atoms in total. The highest BCUT2D eigenvalue weighted by Gasteiger charge is 2.02. The first kappa shape index (κ1) is 10.9. The highest BCUT2D eigenvalue weighted by atomic mass is 15.3. The predicted molar refractivity (Wildman–Crippen MR) is 65.1 cm³/mol. The minimum absolute atomic E-state index is 0.388. The molecule has 1 aromatic heterocycles. The van der Waals surface area contributed by atoms with Crippen molar-refractivity contribution in [3.05, 3.63) is 54.4 Å². The SMILES string of the molecule is CC(CNCc1ccccc1)n1cccn1. The summed E-state index contributed by atoms with van der Waals surface area (Å²) in [5.41, 5.74) is 1.31. The molecule has 0 aliphatic heterocycles. The second-order valence-corrected chi connectivity index (χ2v) is 3.95. The van der Waals surface area contributed by atoms with Gasteiger partial charge in [0.15, 0.2) is 0 Å². The van der Waals surface area contributed by atoms with Gasteiger partial charge in [0.2, 0.25) is 0 Å². The zero-order valence-corrected chi connectivity index (χ0v) is 9.50. The molecular formula is C13H17N3. The maximum absolute atomic E-state index is 4.22. The normalized spacial score (nSPS) is 12.6. The lowest BCUT2D eigenvalue weighted by Crippen LogP contribution is -2.23. The molecule has 3 heteroatoms. The lowest BCUT2D eigenvalue weighted by Gasteiger charge is -2.13. The van der Waals surface area contributed by atoms with Crippen LogP contribution in [0, 0.1) is 0 Å². The van der Waals surface area contributed by atoms with Crippen LogP contribution in [0.1, 0.15) is 18.5 Å². The van der Waals surface area contributed by atoms with E-state index in [9.17, 15) is 0 Å². The van der Waals surface area contributed by atoms with Crippen LogP contribution in [0.3, 0.4) is 0 Å².